The molecule has 7 nitrogen and oxygen atoms in total. The lowest BCUT2D eigenvalue weighted by molar-refractivity contribution is -0.133. The second kappa shape index (κ2) is 16.8. The molecule has 47 heavy (non-hydrogen) atoms. The van der Waals surface area contributed by atoms with Crippen LogP contribution in [0.25, 0.3) is 0 Å². The predicted octanol–water partition coefficient (Wildman–Crippen LogP) is 7.13. The number of hydrogen-bond donors (Lipinski definition) is 0. The molecule has 0 aromatic heterocycles. The van der Waals surface area contributed by atoms with Crippen LogP contribution in [-0.4, -0.2) is 65.7 Å². The fourth-order valence-electron chi connectivity index (χ4n) is 7.03. The quantitative estimate of drug-likeness (QED) is 0.0983. The van der Waals surface area contributed by atoms with E-state index in [2.05, 4.69) is 32.4 Å². The van der Waals surface area contributed by atoms with Crippen LogP contribution in [-0.2, 0) is 26.2 Å². The van der Waals surface area contributed by atoms with Crippen LogP contribution in [0.1, 0.15) is 96.3 Å². The number of terminal acetylenes is 1. The third-order valence-electron chi connectivity index (χ3n) is 9.86. The Hall–Kier alpha value is -3.82. The van der Waals surface area contributed by atoms with Crippen molar-refractivity contribution in [2.24, 2.45) is 10.9 Å². The second-order valence-corrected chi connectivity index (χ2v) is 13.2. The summed E-state index contributed by atoms with van der Waals surface area (Å²) >= 11 is 0. The van der Waals surface area contributed by atoms with Gasteiger partial charge >= 0.3 is 0 Å². The molecule has 4 atom stereocenters. The number of amides is 1. The van der Waals surface area contributed by atoms with Crippen LogP contribution in [0.15, 0.2) is 40.8 Å². The Balaban J connectivity index is 2.10. The van der Waals surface area contributed by atoms with Crippen molar-refractivity contribution >= 4 is 17.6 Å². The lowest BCUT2D eigenvalue weighted by atomic mass is 9.64. The van der Waals surface area contributed by atoms with Crippen LogP contribution in [0, 0.1) is 42.3 Å². The van der Waals surface area contributed by atoms with Gasteiger partial charge in [-0.1, -0.05) is 45.3 Å². The van der Waals surface area contributed by atoms with E-state index < -0.39 is 29.2 Å². The van der Waals surface area contributed by atoms with E-state index in [1.54, 1.807) is 26.8 Å². The van der Waals surface area contributed by atoms with E-state index in [1.165, 1.54) is 11.0 Å². The largest absolute Gasteiger partial charge is 0.481 e. The number of nitrogens with zero attached hydrogens (tertiary/aromatic N) is 4. The predicted molar refractivity (Wildman–Crippen MR) is 182 cm³/mol. The summed E-state index contributed by atoms with van der Waals surface area (Å²) in [6.45, 7) is 15.8. The van der Waals surface area contributed by atoms with Gasteiger partial charge in [0.25, 0.3) is 5.91 Å². The highest BCUT2D eigenvalue weighted by Crippen LogP contribution is 2.45. The molecule has 2 aliphatic rings. The number of rotatable bonds is 13. The number of allylic oxidation sites excluding steroid dienone is 1. The Bertz CT molecular complexity index is 1490. The van der Waals surface area contributed by atoms with Crippen molar-refractivity contribution in [1.82, 2.24) is 9.80 Å². The van der Waals surface area contributed by atoms with Gasteiger partial charge in [-0.3, -0.25) is 14.5 Å². The second-order valence-electron chi connectivity index (χ2n) is 13.2. The molecule has 3 rings (SSSR count). The van der Waals surface area contributed by atoms with Crippen LogP contribution in [0.3, 0.4) is 0 Å². The van der Waals surface area contributed by atoms with E-state index in [1.807, 2.05) is 11.8 Å². The van der Waals surface area contributed by atoms with Gasteiger partial charge in [-0.05, 0) is 80.7 Å². The maximum absolute atomic E-state index is 14.7. The minimum absolute atomic E-state index is 0.00386. The highest BCUT2D eigenvalue weighted by molar-refractivity contribution is 5.91. The van der Waals surface area contributed by atoms with Gasteiger partial charge in [0.15, 0.2) is 11.7 Å². The summed E-state index contributed by atoms with van der Waals surface area (Å²) in [5.74, 6) is 1.48. The number of ketones is 1. The van der Waals surface area contributed by atoms with Crippen LogP contribution in [0.4, 0.5) is 8.78 Å². The van der Waals surface area contributed by atoms with Gasteiger partial charge in [0.05, 0.1) is 36.6 Å². The zero-order chi connectivity index (χ0) is 34.9. The molecular formula is C38H50F2N4O3. The zero-order valence-corrected chi connectivity index (χ0v) is 28.9. The molecule has 1 aliphatic heterocycles. The molecule has 0 saturated carbocycles. The molecule has 1 aromatic rings. The number of halogens is 2. The summed E-state index contributed by atoms with van der Waals surface area (Å²) < 4.78 is 34.6. The number of ether oxygens (including phenoxy) is 1. The normalized spacial score (nSPS) is 21.9. The number of benzene rings is 1. The van der Waals surface area contributed by atoms with Crippen molar-refractivity contribution < 1.29 is 23.1 Å². The molecule has 1 aromatic carbocycles. The summed E-state index contributed by atoms with van der Waals surface area (Å²) in [5.41, 5.74) is 2.68. The SMILES string of the molecule is C#CC(/C(C)=C(CC1(C(C)=O)CCCc2c1ccc(F)c2C)\N=C(/C)OC[C@@H](C)CCCC)N1CCN(C(=O)C(=C)F)C(CC#N)C1. The minimum atomic E-state index is -1.07. The van der Waals surface area contributed by atoms with E-state index >= 15 is 0 Å². The molecule has 254 valence electrons. The Morgan fingerprint density at radius 2 is 2.00 bits per heavy atom. The Morgan fingerprint density at radius 1 is 1.28 bits per heavy atom. The van der Waals surface area contributed by atoms with E-state index in [4.69, 9.17) is 16.2 Å². The standard InChI is InChI=1S/C38H50F2N4O3/c1-9-11-13-25(3)24-47-30(8)42-35(22-38(29(7)45)18-12-14-32-26(4)34(40)16-15-33(32)38)27(5)36(10-2)43-20-21-44(37(46)28(6)39)31(23-43)17-19-41/h2,15-16,25,31,36H,6,9,11-14,17-18,20-24H2,1,3-5,7-8H3/b35-27-,42-30+/t25-,31?,36?,38?/m0/s1. The minimum Gasteiger partial charge on any atom is -0.481 e. The maximum Gasteiger partial charge on any atom is 0.282 e. The monoisotopic (exact) mass is 648 g/mol. The lowest BCUT2D eigenvalue weighted by Gasteiger charge is -2.43. The van der Waals surface area contributed by atoms with Crippen molar-refractivity contribution in [3.8, 4) is 18.4 Å². The highest BCUT2D eigenvalue weighted by Gasteiger charge is 2.43. The number of Topliss-reactive ketones (excluding diaryl/α,β-unsaturated/α-hetero) is 1. The first-order valence-corrected chi connectivity index (χ1v) is 16.7. The van der Waals surface area contributed by atoms with Crippen LogP contribution < -0.4 is 0 Å². The molecular weight excluding hydrogens is 598 g/mol. The average Bonchev–Trinajstić information content (AvgIpc) is 3.04. The molecule has 9 heteroatoms. The summed E-state index contributed by atoms with van der Waals surface area (Å²) in [5, 5.41) is 9.49. The van der Waals surface area contributed by atoms with Crippen molar-refractivity contribution in [2.45, 2.75) is 110 Å². The van der Waals surface area contributed by atoms with Crippen LogP contribution in [0.2, 0.25) is 0 Å². The first-order valence-electron chi connectivity index (χ1n) is 16.7. The van der Waals surface area contributed by atoms with Crippen LogP contribution >= 0.6 is 0 Å². The van der Waals surface area contributed by atoms with Crippen molar-refractivity contribution in [2.75, 3.05) is 26.2 Å². The van der Waals surface area contributed by atoms with Gasteiger partial charge in [-0.2, -0.15) is 5.26 Å². The van der Waals surface area contributed by atoms with Gasteiger partial charge < -0.3 is 9.64 Å². The maximum atomic E-state index is 14.7. The molecule has 0 bridgehead atoms. The third-order valence-corrected chi connectivity index (χ3v) is 9.86. The lowest BCUT2D eigenvalue weighted by Crippen LogP contribution is -2.57. The van der Waals surface area contributed by atoms with Crippen molar-refractivity contribution in [1.29, 1.82) is 5.26 Å². The number of unbranched alkanes of at least 4 members (excludes halogenated alkanes) is 1. The molecule has 1 fully saturated rings. The molecule has 1 saturated heterocycles. The number of piperazine rings is 1. The van der Waals surface area contributed by atoms with E-state index in [9.17, 15) is 23.6 Å². The molecule has 0 spiro atoms. The first kappa shape index (κ1) is 37.6. The number of fused-ring (bicyclic) bond motifs is 1. The fourth-order valence-corrected chi connectivity index (χ4v) is 7.03. The smallest absolute Gasteiger partial charge is 0.282 e. The first-order chi connectivity index (χ1) is 22.3. The number of nitriles is 1. The van der Waals surface area contributed by atoms with Gasteiger partial charge in [0, 0.05) is 38.7 Å². The van der Waals surface area contributed by atoms with Crippen molar-refractivity contribution in [3.05, 3.63) is 58.3 Å². The Kier molecular flexibility index (Phi) is 13.5. The number of aliphatic imine (C=N–C) groups is 1. The van der Waals surface area contributed by atoms with Gasteiger partial charge in [0.2, 0.25) is 0 Å². The zero-order valence-electron chi connectivity index (χ0n) is 28.9. The molecule has 1 aliphatic carbocycles. The fraction of sp³-hybridized carbons (Fsp3) is 0.579. The van der Waals surface area contributed by atoms with Gasteiger partial charge in [0.1, 0.15) is 11.6 Å². The Labute approximate surface area is 279 Å². The van der Waals surface area contributed by atoms with Gasteiger partial charge in [-0.25, -0.2) is 13.8 Å². The average molecular weight is 649 g/mol. The summed E-state index contributed by atoms with van der Waals surface area (Å²) in [4.78, 5) is 34.5. The topological polar surface area (TPSA) is 86.0 Å². The number of carbonyl (C=O) groups excluding carboxylic acids is 2. The van der Waals surface area contributed by atoms with E-state index in [0.717, 1.165) is 42.4 Å². The molecule has 1 amide bonds. The molecule has 3 unspecified atom stereocenters. The molecule has 1 heterocycles. The number of hydrogen-bond acceptors (Lipinski definition) is 6. The summed E-state index contributed by atoms with van der Waals surface area (Å²) in [7, 11) is 0. The van der Waals surface area contributed by atoms with Crippen molar-refractivity contribution in [3.63, 3.8) is 0 Å². The van der Waals surface area contributed by atoms with Crippen LogP contribution in [0.5, 0.6) is 0 Å². The Morgan fingerprint density at radius 3 is 2.62 bits per heavy atom. The summed E-state index contributed by atoms with van der Waals surface area (Å²) in [6, 6.07) is 4.12. The number of carbonyl (C=O) groups is 2. The highest BCUT2D eigenvalue weighted by atomic mass is 19.1. The molecule has 0 radical (unpaired) electrons. The van der Waals surface area contributed by atoms with Gasteiger partial charge in [-0.15, -0.1) is 6.42 Å². The third kappa shape index (κ3) is 8.76. The summed E-state index contributed by atoms with van der Waals surface area (Å²) in [6.07, 6.45) is 11.7. The van der Waals surface area contributed by atoms with E-state index in [0.29, 0.717) is 49.1 Å². The van der Waals surface area contributed by atoms with E-state index in [-0.39, 0.29) is 37.5 Å². The molecule has 0 N–H and O–H groups in total.